The largest absolute Gasteiger partial charge is 0.398 e. The van der Waals surface area contributed by atoms with E-state index in [9.17, 15) is 14.4 Å². The van der Waals surface area contributed by atoms with Crippen molar-refractivity contribution in [2.24, 2.45) is 5.92 Å². The molecule has 182 valence electrons. The van der Waals surface area contributed by atoms with Crippen LogP contribution in [0.5, 0.6) is 0 Å². The summed E-state index contributed by atoms with van der Waals surface area (Å²) in [6, 6.07) is 12.5. The van der Waals surface area contributed by atoms with Gasteiger partial charge in [0.2, 0.25) is 5.91 Å². The zero-order valence-corrected chi connectivity index (χ0v) is 20.8. The predicted octanol–water partition coefficient (Wildman–Crippen LogP) is 5.07. The fraction of sp³-hybridized carbons (Fsp3) is 0.464. The van der Waals surface area contributed by atoms with E-state index in [0.29, 0.717) is 48.7 Å². The minimum absolute atomic E-state index is 0.178. The number of amides is 2. The lowest BCUT2D eigenvalue weighted by molar-refractivity contribution is -0.128. The molecule has 2 aromatic rings. The number of benzene rings is 2. The number of nitrogen functional groups attached to an aromatic ring is 1. The molecule has 0 radical (unpaired) electrons. The number of nitrogens with one attached hydrogen (secondary N) is 1. The third kappa shape index (κ3) is 5.55. The molecule has 1 heterocycles. The molecular weight excluding hydrogens is 426 g/mol. The van der Waals surface area contributed by atoms with Crippen LogP contribution in [0.15, 0.2) is 42.5 Å². The topological polar surface area (TPSA) is 92.5 Å². The molecule has 0 aliphatic carbocycles. The van der Waals surface area contributed by atoms with E-state index >= 15 is 0 Å². The van der Waals surface area contributed by atoms with Crippen LogP contribution < -0.4 is 16.0 Å². The lowest BCUT2D eigenvalue weighted by Gasteiger charge is -2.28. The molecule has 0 saturated heterocycles. The monoisotopic (exact) mass is 463 g/mol. The summed E-state index contributed by atoms with van der Waals surface area (Å²) in [5.74, 6) is -0.560. The van der Waals surface area contributed by atoms with Crippen LogP contribution >= 0.6 is 0 Å². The highest BCUT2D eigenvalue weighted by Gasteiger charge is 2.38. The number of Topliss-reactive ketones (excluding diaryl/α,β-unsaturated/α-hetero) is 1. The van der Waals surface area contributed by atoms with Gasteiger partial charge in [-0.2, -0.15) is 0 Å². The van der Waals surface area contributed by atoms with Crippen molar-refractivity contribution in [2.75, 3.05) is 17.2 Å². The molecule has 6 heteroatoms. The molecule has 34 heavy (non-hydrogen) atoms. The Morgan fingerprint density at radius 3 is 2.56 bits per heavy atom. The molecule has 0 aromatic heterocycles. The summed E-state index contributed by atoms with van der Waals surface area (Å²) in [6.45, 7) is 8.35. The third-order valence-corrected chi connectivity index (χ3v) is 6.40. The van der Waals surface area contributed by atoms with Crippen LogP contribution in [0, 0.1) is 5.92 Å². The molecular formula is C28H37N3O3. The predicted molar refractivity (Wildman–Crippen MR) is 138 cm³/mol. The Hall–Kier alpha value is -2.99. The summed E-state index contributed by atoms with van der Waals surface area (Å²) in [5.41, 5.74) is 9.89. The highest BCUT2D eigenvalue weighted by atomic mass is 16.2. The van der Waals surface area contributed by atoms with Crippen molar-refractivity contribution in [3.63, 3.8) is 0 Å². The van der Waals surface area contributed by atoms with Crippen LogP contribution in [0.2, 0.25) is 0 Å². The smallest absolute Gasteiger partial charge is 0.250 e. The fourth-order valence-electron chi connectivity index (χ4n) is 4.63. The maximum atomic E-state index is 13.9. The van der Waals surface area contributed by atoms with Gasteiger partial charge in [-0.05, 0) is 42.5 Å². The Morgan fingerprint density at radius 2 is 1.85 bits per heavy atom. The highest BCUT2D eigenvalue weighted by molar-refractivity contribution is 6.22. The molecule has 2 aromatic carbocycles. The number of hydrogen-bond donors (Lipinski definition) is 2. The first kappa shape index (κ1) is 25.6. The number of carbonyl (C=O) groups is 3. The molecule has 0 spiro atoms. The normalized spacial score (nSPS) is 16.1. The van der Waals surface area contributed by atoms with E-state index in [-0.39, 0.29) is 17.6 Å². The third-order valence-electron chi connectivity index (χ3n) is 6.40. The SMILES string of the molecule is CCCC[C@H](NCCC(=O)CC(C)C)C(=O)N1C(=O)C(C)c2ccccc2-c2c(N)cccc21. The van der Waals surface area contributed by atoms with Crippen molar-refractivity contribution in [2.45, 2.75) is 71.8 Å². The molecule has 2 atom stereocenters. The van der Waals surface area contributed by atoms with Gasteiger partial charge in [-0.15, -0.1) is 0 Å². The van der Waals surface area contributed by atoms with Crippen LogP contribution in [-0.2, 0) is 14.4 Å². The summed E-state index contributed by atoms with van der Waals surface area (Å²) in [6.07, 6.45) is 3.26. The van der Waals surface area contributed by atoms with Crippen molar-refractivity contribution in [1.29, 1.82) is 0 Å². The Balaban J connectivity index is 1.95. The van der Waals surface area contributed by atoms with E-state index in [1.54, 1.807) is 18.2 Å². The lowest BCUT2D eigenvalue weighted by atomic mass is 9.92. The zero-order chi connectivity index (χ0) is 24.8. The van der Waals surface area contributed by atoms with Gasteiger partial charge in [0, 0.05) is 30.6 Å². The average Bonchev–Trinajstić information content (AvgIpc) is 2.89. The highest BCUT2D eigenvalue weighted by Crippen LogP contribution is 2.44. The number of rotatable bonds is 10. The van der Waals surface area contributed by atoms with Gasteiger partial charge in [-0.1, -0.05) is 63.9 Å². The lowest BCUT2D eigenvalue weighted by Crippen LogP contribution is -2.50. The molecule has 1 aliphatic rings. The standard InChI is InChI=1S/C28H37N3O3/c1-5-6-13-24(30-16-15-20(32)17-18(2)3)28(34)31-25-14-9-12-23(29)26(25)22-11-8-7-10-21(22)19(4)27(31)33/h7-12,14,18-19,24,30H,5-6,13,15-17,29H2,1-4H3/t19?,24-/m0/s1. The molecule has 2 amide bonds. The Labute approximate surface area is 202 Å². The number of imide groups is 1. The minimum atomic E-state index is -0.557. The van der Waals surface area contributed by atoms with Gasteiger partial charge in [0.05, 0.1) is 17.6 Å². The van der Waals surface area contributed by atoms with Gasteiger partial charge in [0.1, 0.15) is 5.78 Å². The molecule has 1 unspecified atom stereocenters. The summed E-state index contributed by atoms with van der Waals surface area (Å²) >= 11 is 0. The molecule has 3 rings (SSSR count). The minimum Gasteiger partial charge on any atom is -0.398 e. The summed E-state index contributed by atoms with van der Waals surface area (Å²) < 4.78 is 0. The number of fused-ring (bicyclic) bond motifs is 3. The molecule has 1 aliphatic heterocycles. The quantitative estimate of drug-likeness (QED) is 0.480. The Bertz CT molecular complexity index is 1050. The average molecular weight is 464 g/mol. The van der Waals surface area contributed by atoms with Gasteiger partial charge >= 0.3 is 0 Å². The van der Waals surface area contributed by atoms with Crippen molar-refractivity contribution in [3.8, 4) is 11.1 Å². The number of nitrogens with zero attached hydrogens (tertiary/aromatic N) is 1. The van der Waals surface area contributed by atoms with E-state index < -0.39 is 12.0 Å². The van der Waals surface area contributed by atoms with Crippen LogP contribution in [0.4, 0.5) is 11.4 Å². The molecule has 0 saturated carbocycles. The fourth-order valence-corrected chi connectivity index (χ4v) is 4.63. The zero-order valence-electron chi connectivity index (χ0n) is 20.8. The van der Waals surface area contributed by atoms with Gasteiger partial charge in [-0.25, -0.2) is 4.90 Å². The Morgan fingerprint density at radius 1 is 1.12 bits per heavy atom. The summed E-state index contributed by atoms with van der Waals surface area (Å²) in [4.78, 5) is 41.1. The first-order valence-electron chi connectivity index (χ1n) is 12.4. The van der Waals surface area contributed by atoms with Crippen LogP contribution in [-0.4, -0.2) is 30.2 Å². The molecule has 3 N–H and O–H groups in total. The van der Waals surface area contributed by atoms with E-state index in [0.717, 1.165) is 24.0 Å². The van der Waals surface area contributed by atoms with Gasteiger partial charge in [0.15, 0.2) is 0 Å². The van der Waals surface area contributed by atoms with E-state index in [1.807, 2.05) is 45.0 Å². The number of ketones is 1. The summed E-state index contributed by atoms with van der Waals surface area (Å²) in [5, 5.41) is 3.28. The van der Waals surface area contributed by atoms with Crippen LogP contribution in [0.25, 0.3) is 11.1 Å². The van der Waals surface area contributed by atoms with Crippen molar-refractivity contribution in [3.05, 3.63) is 48.0 Å². The van der Waals surface area contributed by atoms with E-state index in [4.69, 9.17) is 5.73 Å². The summed E-state index contributed by atoms with van der Waals surface area (Å²) in [7, 11) is 0. The molecule has 0 bridgehead atoms. The number of unbranched alkanes of at least 4 members (excludes halogenated alkanes) is 1. The van der Waals surface area contributed by atoms with Gasteiger partial charge in [-0.3, -0.25) is 14.4 Å². The second-order valence-electron chi connectivity index (χ2n) is 9.60. The second kappa shape index (κ2) is 11.4. The van der Waals surface area contributed by atoms with Gasteiger partial charge < -0.3 is 11.1 Å². The second-order valence-corrected chi connectivity index (χ2v) is 9.60. The first-order chi connectivity index (χ1) is 16.3. The van der Waals surface area contributed by atoms with Crippen molar-refractivity contribution in [1.82, 2.24) is 5.32 Å². The van der Waals surface area contributed by atoms with Crippen molar-refractivity contribution >= 4 is 29.0 Å². The Kier molecular flexibility index (Phi) is 8.61. The number of carbonyl (C=O) groups excluding carboxylic acids is 3. The van der Waals surface area contributed by atoms with Gasteiger partial charge in [0.25, 0.3) is 5.91 Å². The maximum absolute atomic E-state index is 13.9. The van der Waals surface area contributed by atoms with Crippen LogP contribution in [0.1, 0.15) is 71.3 Å². The van der Waals surface area contributed by atoms with E-state index in [1.165, 1.54) is 4.90 Å². The maximum Gasteiger partial charge on any atom is 0.250 e. The molecule has 0 fully saturated rings. The first-order valence-corrected chi connectivity index (χ1v) is 12.4. The van der Waals surface area contributed by atoms with Crippen LogP contribution in [0.3, 0.4) is 0 Å². The number of hydrogen-bond acceptors (Lipinski definition) is 5. The van der Waals surface area contributed by atoms with Crippen molar-refractivity contribution < 1.29 is 14.4 Å². The molecule has 6 nitrogen and oxygen atoms in total. The number of anilines is 2. The number of nitrogens with two attached hydrogens (primary N) is 1. The van der Waals surface area contributed by atoms with E-state index in [2.05, 4.69) is 12.2 Å².